The van der Waals surface area contributed by atoms with E-state index >= 15 is 0 Å². The second-order valence-electron chi connectivity index (χ2n) is 5.80. The van der Waals surface area contributed by atoms with Crippen LogP contribution in [0.3, 0.4) is 0 Å². The average Bonchev–Trinajstić information content (AvgIpc) is 2.55. The fourth-order valence-corrected chi connectivity index (χ4v) is 3.23. The molecule has 0 aromatic carbocycles. The summed E-state index contributed by atoms with van der Waals surface area (Å²) in [5.74, 6) is 1.03. The molecule has 2 heteroatoms. The summed E-state index contributed by atoms with van der Waals surface area (Å²) >= 11 is 0. The highest BCUT2D eigenvalue weighted by molar-refractivity contribution is 4.76. The topological polar surface area (TPSA) is 15.3 Å². The Kier molecular flexibility index (Phi) is 5.11. The average molecular weight is 224 g/mol. The summed E-state index contributed by atoms with van der Waals surface area (Å²) in [5.41, 5.74) is 0. The van der Waals surface area contributed by atoms with E-state index in [9.17, 15) is 0 Å². The van der Waals surface area contributed by atoms with Gasteiger partial charge < -0.3 is 10.2 Å². The first-order chi connectivity index (χ1) is 7.84. The number of rotatable bonds is 3. The maximum Gasteiger partial charge on any atom is 0.0167 e. The van der Waals surface area contributed by atoms with E-state index in [2.05, 4.69) is 17.1 Å². The van der Waals surface area contributed by atoms with Crippen molar-refractivity contribution in [2.45, 2.75) is 57.9 Å². The van der Waals surface area contributed by atoms with Gasteiger partial charge in [-0.3, -0.25) is 0 Å². The summed E-state index contributed by atoms with van der Waals surface area (Å²) in [6.45, 7) is 7.35. The normalized spacial score (nSPS) is 30.2. The molecule has 2 nitrogen and oxygen atoms in total. The number of nitrogens with zero attached hydrogens (tertiary/aromatic N) is 1. The molecule has 0 aromatic rings. The molecule has 1 aliphatic heterocycles. The molecule has 1 N–H and O–H groups in total. The van der Waals surface area contributed by atoms with Crippen molar-refractivity contribution in [2.24, 2.45) is 5.92 Å². The molecule has 94 valence electrons. The molecule has 0 aromatic heterocycles. The Morgan fingerprint density at radius 3 is 2.56 bits per heavy atom. The van der Waals surface area contributed by atoms with Gasteiger partial charge in [-0.1, -0.05) is 38.5 Å². The lowest BCUT2D eigenvalue weighted by Gasteiger charge is -2.32. The first-order valence-corrected chi connectivity index (χ1v) is 7.30. The van der Waals surface area contributed by atoms with Gasteiger partial charge in [0.05, 0.1) is 0 Å². The van der Waals surface area contributed by atoms with Crippen molar-refractivity contribution in [1.29, 1.82) is 0 Å². The predicted octanol–water partition coefficient (Wildman–Crippen LogP) is 2.64. The molecule has 0 bridgehead atoms. The van der Waals surface area contributed by atoms with Crippen LogP contribution in [0.25, 0.3) is 0 Å². The molecule has 1 atom stereocenters. The Hall–Kier alpha value is -0.0800. The van der Waals surface area contributed by atoms with E-state index in [1.165, 1.54) is 71.1 Å². The van der Waals surface area contributed by atoms with Crippen LogP contribution in [0.5, 0.6) is 0 Å². The molecule has 1 saturated heterocycles. The van der Waals surface area contributed by atoms with E-state index < -0.39 is 0 Å². The van der Waals surface area contributed by atoms with E-state index in [1.807, 2.05) is 0 Å². The van der Waals surface area contributed by atoms with Crippen molar-refractivity contribution in [2.75, 3.05) is 26.2 Å². The molecule has 2 rings (SSSR count). The molecule has 1 heterocycles. The van der Waals surface area contributed by atoms with E-state index in [0.29, 0.717) is 6.04 Å². The van der Waals surface area contributed by atoms with Crippen LogP contribution in [0.2, 0.25) is 0 Å². The summed E-state index contributed by atoms with van der Waals surface area (Å²) in [7, 11) is 0. The maximum absolute atomic E-state index is 3.52. The van der Waals surface area contributed by atoms with Crippen molar-refractivity contribution in [3.8, 4) is 0 Å². The highest BCUT2D eigenvalue weighted by atomic mass is 15.2. The number of nitrogens with one attached hydrogen (secondary N) is 1. The third-order valence-corrected chi connectivity index (χ3v) is 4.28. The molecule has 0 spiro atoms. The lowest BCUT2D eigenvalue weighted by Crippen LogP contribution is -2.49. The fourth-order valence-electron chi connectivity index (χ4n) is 3.23. The van der Waals surface area contributed by atoms with Crippen LogP contribution in [-0.2, 0) is 0 Å². The van der Waals surface area contributed by atoms with E-state index in [0.717, 1.165) is 5.92 Å². The van der Waals surface area contributed by atoms with E-state index in [1.54, 1.807) is 0 Å². The first kappa shape index (κ1) is 12.4. The molecule has 0 unspecified atom stereocenters. The van der Waals surface area contributed by atoms with Crippen molar-refractivity contribution in [3.63, 3.8) is 0 Å². The highest BCUT2D eigenvalue weighted by Crippen LogP contribution is 2.25. The second-order valence-corrected chi connectivity index (χ2v) is 5.80. The molecular weight excluding hydrogens is 196 g/mol. The van der Waals surface area contributed by atoms with Crippen LogP contribution >= 0.6 is 0 Å². The van der Waals surface area contributed by atoms with Crippen LogP contribution in [0.15, 0.2) is 0 Å². The zero-order valence-corrected chi connectivity index (χ0v) is 10.9. The molecule has 2 fully saturated rings. The van der Waals surface area contributed by atoms with Crippen LogP contribution in [0.1, 0.15) is 51.9 Å². The number of hydrogen-bond donors (Lipinski definition) is 1. The molecule has 2 aliphatic rings. The zero-order valence-electron chi connectivity index (χ0n) is 10.9. The first-order valence-electron chi connectivity index (χ1n) is 7.30. The fraction of sp³-hybridized carbons (Fsp3) is 1.00. The van der Waals surface area contributed by atoms with Crippen LogP contribution in [-0.4, -0.2) is 37.1 Å². The quantitative estimate of drug-likeness (QED) is 0.741. The monoisotopic (exact) mass is 224 g/mol. The van der Waals surface area contributed by atoms with Gasteiger partial charge in [0.15, 0.2) is 0 Å². The SMILES string of the molecule is C[C@@H]1CN(CCC2CCCCCC2)CCN1. The molecule has 1 aliphatic carbocycles. The van der Waals surface area contributed by atoms with Gasteiger partial charge in [-0.2, -0.15) is 0 Å². The summed E-state index contributed by atoms with van der Waals surface area (Å²) < 4.78 is 0. The lowest BCUT2D eigenvalue weighted by molar-refractivity contribution is 0.191. The third-order valence-electron chi connectivity index (χ3n) is 4.28. The molecule has 0 radical (unpaired) electrons. The van der Waals surface area contributed by atoms with Gasteiger partial charge in [-0.25, -0.2) is 0 Å². The van der Waals surface area contributed by atoms with Gasteiger partial charge >= 0.3 is 0 Å². The summed E-state index contributed by atoms with van der Waals surface area (Å²) in [5, 5.41) is 3.52. The third kappa shape index (κ3) is 4.06. The maximum atomic E-state index is 3.52. The molecule has 16 heavy (non-hydrogen) atoms. The minimum atomic E-state index is 0.697. The van der Waals surface area contributed by atoms with Crippen molar-refractivity contribution < 1.29 is 0 Å². The smallest absolute Gasteiger partial charge is 0.0167 e. The van der Waals surface area contributed by atoms with Gasteiger partial charge in [-0.05, 0) is 25.8 Å². The highest BCUT2D eigenvalue weighted by Gasteiger charge is 2.17. The standard InChI is InChI=1S/C14H28N2/c1-13-12-16(11-9-15-13)10-8-14-6-4-2-3-5-7-14/h13-15H,2-12H2,1H3/t13-/m1/s1. The Balaban J connectivity index is 1.65. The van der Waals surface area contributed by atoms with Crippen LogP contribution < -0.4 is 5.32 Å². The van der Waals surface area contributed by atoms with E-state index in [4.69, 9.17) is 0 Å². The summed E-state index contributed by atoms with van der Waals surface area (Å²) in [6, 6.07) is 0.697. The minimum Gasteiger partial charge on any atom is -0.312 e. The number of hydrogen-bond acceptors (Lipinski definition) is 2. The number of piperazine rings is 1. The Morgan fingerprint density at radius 1 is 1.12 bits per heavy atom. The Bertz CT molecular complexity index is 183. The largest absolute Gasteiger partial charge is 0.312 e. The van der Waals surface area contributed by atoms with Gasteiger partial charge in [0.1, 0.15) is 0 Å². The Morgan fingerprint density at radius 2 is 1.88 bits per heavy atom. The molecule has 1 saturated carbocycles. The van der Waals surface area contributed by atoms with Crippen molar-refractivity contribution in [3.05, 3.63) is 0 Å². The van der Waals surface area contributed by atoms with Gasteiger partial charge in [0.2, 0.25) is 0 Å². The predicted molar refractivity (Wildman–Crippen MR) is 69.7 cm³/mol. The Labute approximate surface area is 101 Å². The second kappa shape index (κ2) is 6.61. The van der Waals surface area contributed by atoms with Crippen molar-refractivity contribution in [1.82, 2.24) is 10.2 Å². The van der Waals surface area contributed by atoms with Crippen molar-refractivity contribution >= 4 is 0 Å². The van der Waals surface area contributed by atoms with Crippen LogP contribution in [0.4, 0.5) is 0 Å². The minimum absolute atomic E-state index is 0.697. The lowest BCUT2D eigenvalue weighted by atomic mass is 9.96. The zero-order chi connectivity index (χ0) is 11.2. The van der Waals surface area contributed by atoms with E-state index in [-0.39, 0.29) is 0 Å². The molecular formula is C14H28N2. The summed E-state index contributed by atoms with van der Waals surface area (Å²) in [4.78, 5) is 2.66. The van der Waals surface area contributed by atoms with Gasteiger partial charge in [-0.15, -0.1) is 0 Å². The van der Waals surface area contributed by atoms with Gasteiger partial charge in [0, 0.05) is 25.7 Å². The molecule has 0 amide bonds. The van der Waals surface area contributed by atoms with Crippen LogP contribution in [0, 0.1) is 5.92 Å². The summed E-state index contributed by atoms with van der Waals surface area (Å²) in [6.07, 6.45) is 10.4. The van der Waals surface area contributed by atoms with Gasteiger partial charge in [0.25, 0.3) is 0 Å².